The lowest BCUT2D eigenvalue weighted by Gasteiger charge is -2.18. The van der Waals surface area contributed by atoms with Crippen LogP contribution >= 0.6 is 0 Å². The zero-order valence-electron chi connectivity index (χ0n) is 18.4. The summed E-state index contributed by atoms with van der Waals surface area (Å²) in [5, 5.41) is 6.77. The van der Waals surface area contributed by atoms with E-state index < -0.39 is 11.5 Å². The SMILES string of the molecule is CCOC(=O)c1c(CC(C)OCc2ccccc2)c(-c2cc(C)cc(C)c2)n[nH]c1=O. The first-order valence-corrected chi connectivity index (χ1v) is 10.4. The Labute approximate surface area is 182 Å². The molecule has 0 aliphatic heterocycles. The van der Waals surface area contributed by atoms with Gasteiger partial charge < -0.3 is 9.47 Å². The van der Waals surface area contributed by atoms with E-state index in [0.717, 1.165) is 22.3 Å². The molecule has 2 aromatic carbocycles. The van der Waals surface area contributed by atoms with Crippen LogP contribution in [0.1, 0.15) is 46.5 Å². The molecule has 0 aliphatic carbocycles. The average molecular weight is 421 g/mol. The highest BCUT2D eigenvalue weighted by molar-refractivity contribution is 5.92. The van der Waals surface area contributed by atoms with E-state index in [1.165, 1.54) is 0 Å². The van der Waals surface area contributed by atoms with Crippen molar-refractivity contribution in [3.63, 3.8) is 0 Å². The molecule has 0 saturated carbocycles. The molecule has 0 aliphatic rings. The van der Waals surface area contributed by atoms with Crippen LogP contribution in [0.2, 0.25) is 0 Å². The van der Waals surface area contributed by atoms with E-state index in [1.807, 2.05) is 63.2 Å². The first-order chi connectivity index (χ1) is 14.9. The molecule has 1 aromatic heterocycles. The van der Waals surface area contributed by atoms with E-state index in [4.69, 9.17) is 9.47 Å². The minimum atomic E-state index is -0.651. The summed E-state index contributed by atoms with van der Waals surface area (Å²) in [6, 6.07) is 15.9. The number of hydrogen-bond acceptors (Lipinski definition) is 5. The lowest BCUT2D eigenvalue weighted by Crippen LogP contribution is -2.27. The molecule has 1 unspecified atom stereocenters. The summed E-state index contributed by atoms with van der Waals surface area (Å²) < 4.78 is 11.2. The largest absolute Gasteiger partial charge is 0.462 e. The van der Waals surface area contributed by atoms with Gasteiger partial charge in [0, 0.05) is 17.5 Å². The van der Waals surface area contributed by atoms with Gasteiger partial charge in [-0.2, -0.15) is 5.10 Å². The number of hydrogen-bond donors (Lipinski definition) is 1. The third-order valence-electron chi connectivity index (χ3n) is 4.93. The minimum absolute atomic E-state index is 0.0128. The Morgan fingerprint density at radius 3 is 2.42 bits per heavy atom. The Morgan fingerprint density at radius 2 is 1.77 bits per heavy atom. The lowest BCUT2D eigenvalue weighted by molar-refractivity contribution is 0.0495. The molecule has 0 saturated heterocycles. The molecule has 0 radical (unpaired) electrons. The fourth-order valence-electron chi connectivity index (χ4n) is 3.61. The van der Waals surface area contributed by atoms with Gasteiger partial charge in [0.2, 0.25) is 0 Å². The van der Waals surface area contributed by atoms with E-state index in [2.05, 4.69) is 16.3 Å². The number of carbonyl (C=O) groups excluding carboxylic acids is 1. The van der Waals surface area contributed by atoms with Crippen molar-refractivity contribution in [3.8, 4) is 11.3 Å². The Hall–Kier alpha value is -3.25. The second kappa shape index (κ2) is 10.2. The number of nitrogens with zero attached hydrogens (tertiary/aromatic N) is 1. The predicted molar refractivity (Wildman–Crippen MR) is 120 cm³/mol. The van der Waals surface area contributed by atoms with Gasteiger partial charge in [0.05, 0.1) is 25.0 Å². The molecule has 1 N–H and O–H groups in total. The second-order valence-corrected chi connectivity index (χ2v) is 7.66. The van der Waals surface area contributed by atoms with Gasteiger partial charge in [-0.1, -0.05) is 47.5 Å². The first-order valence-electron chi connectivity index (χ1n) is 10.4. The van der Waals surface area contributed by atoms with Crippen LogP contribution < -0.4 is 5.56 Å². The molecule has 6 nitrogen and oxygen atoms in total. The van der Waals surface area contributed by atoms with Crippen LogP contribution in [0.25, 0.3) is 11.3 Å². The molecule has 3 aromatic rings. The number of aromatic nitrogens is 2. The van der Waals surface area contributed by atoms with Gasteiger partial charge in [0.25, 0.3) is 5.56 Å². The molecule has 0 bridgehead atoms. The number of rotatable bonds is 8. The van der Waals surface area contributed by atoms with Crippen LogP contribution in [0, 0.1) is 13.8 Å². The molecule has 31 heavy (non-hydrogen) atoms. The molecule has 3 rings (SSSR count). The Kier molecular flexibility index (Phi) is 7.36. The smallest absolute Gasteiger partial charge is 0.344 e. The van der Waals surface area contributed by atoms with Gasteiger partial charge in [-0.3, -0.25) is 4.79 Å². The number of ether oxygens (including phenoxy) is 2. The summed E-state index contributed by atoms with van der Waals surface area (Å²) in [7, 11) is 0. The minimum Gasteiger partial charge on any atom is -0.462 e. The number of aryl methyl sites for hydroxylation is 2. The molecule has 0 amide bonds. The monoisotopic (exact) mass is 420 g/mol. The zero-order valence-corrected chi connectivity index (χ0v) is 18.4. The number of benzene rings is 2. The first kappa shape index (κ1) is 22.4. The molecule has 0 spiro atoms. The topological polar surface area (TPSA) is 81.3 Å². The quantitative estimate of drug-likeness (QED) is 0.547. The van der Waals surface area contributed by atoms with Gasteiger partial charge in [-0.05, 0) is 45.4 Å². The van der Waals surface area contributed by atoms with Gasteiger partial charge in [-0.25, -0.2) is 9.89 Å². The number of esters is 1. The molecule has 1 heterocycles. The van der Waals surface area contributed by atoms with Crippen LogP contribution in [0.5, 0.6) is 0 Å². The zero-order chi connectivity index (χ0) is 22.4. The number of nitrogens with one attached hydrogen (secondary N) is 1. The Morgan fingerprint density at radius 1 is 1.10 bits per heavy atom. The molecular weight excluding hydrogens is 392 g/mol. The summed E-state index contributed by atoms with van der Waals surface area (Å²) in [6.07, 6.45) is 0.0990. The summed E-state index contributed by atoms with van der Waals surface area (Å²) in [5.41, 5.74) is 4.55. The van der Waals surface area contributed by atoms with Crippen molar-refractivity contribution in [2.24, 2.45) is 0 Å². The van der Waals surface area contributed by atoms with E-state index in [1.54, 1.807) is 6.92 Å². The van der Waals surface area contributed by atoms with Crippen LogP contribution in [0.3, 0.4) is 0 Å². The van der Waals surface area contributed by atoms with Gasteiger partial charge in [-0.15, -0.1) is 0 Å². The molecule has 162 valence electrons. The van der Waals surface area contributed by atoms with E-state index in [0.29, 0.717) is 24.3 Å². The van der Waals surface area contributed by atoms with Crippen molar-refractivity contribution < 1.29 is 14.3 Å². The van der Waals surface area contributed by atoms with Crippen molar-refractivity contribution in [1.29, 1.82) is 0 Å². The summed E-state index contributed by atoms with van der Waals surface area (Å²) in [5.74, 6) is -0.651. The maximum Gasteiger partial charge on any atom is 0.344 e. The highest BCUT2D eigenvalue weighted by Gasteiger charge is 2.24. The van der Waals surface area contributed by atoms with Crippen molar-refractivity contribution in [3.05, 3.63) is 86.7 Å². The third kappa shape index (κ3) is 5.67. The van der Waals surface area contributed by atoms with Crippen molar-refractivity contribution >= 4 is 5.97 Å². The lowest BCUT2D eigenvalue weighted by atomic mass is 9.95. The Balaban J connectivity index is 2.00. The highest BCUT2D eigenvalue weighted by atomic mass is 16.5. The standard InChI is InChI=1S/C25H28N2O4/c1-5-30-25(29)22-21(14-18(4)31-15-19-9-7-6-8-10-19)23(26-27-24(22)28)20-12-16(2)11-17(3)13-20/h6-13,18H,5,14-15H2,1-4H3,(H,27,28). The van der Waals surface area contributed by atoms with Gasteiger partial charge in [0.1, 0.15) is 5.56 Å². The summed E-state index contributed by atoms with van der Waals surface area (Å²) >= 11 is 0. The molecule has 1 atom stereocenters. The summed E-state index contributed by atoms with van der Waals surface area (Å²) in [6.45, 7) is 8.25. The van der Waals surface area contributed by atoms with Crippen LogP contribution in [-0.4, -0.2) is 28.9 Å². The highest BCUT2D eigenvalue weighted by Crippen LogP contribution is 2.26. The van der Waals surface area contributed by atoms with Crippen molar-refractivity contribution in [2.45, 2.75) is 46.8 Å². The van der Waals surface area contributed by atoms with Crippen molar-refractivity contribution in [1.82, 2.24) is 10.2 Å². The van der Waals surface area contributed by atoms with E-state index >= 15 is 0 Å². The maximum atomic E-state index is 12.7. The summed E-state index contributed by atoms with van der Waals surface area (Å²) in [4.78, 5) is 25.2. The van der Waals surface area contributed by atoms with Gasteiger partial charge >= 0.3 is 5.97 Å². The number of carbonyl (C=O) groups is 1. The second-order valence-electron chi connectivity index (χ2n) is 7.66. The van der Waals surface area contributed by atoms with E-state index in [9.17, 15) is 9.59 Å². The van der Waals surface area contributed by atoms with Crippen molar-refractivity contribution in [2.75, 3.05) is 6.61 Å². The maximum absolute atomic E-state index is 12.7. The number of aromatic amines is 1. The molecule has 6 heteroatoms. The van der Waals surface area contributed by atoms with Crippen LogP contribution in [0.4, 0.5) is 0 Å². The Bertz CT molecular complexity index is 1090. The van der Waals surface area contributed by atoms with E-state index in [-0.39, 0.29) is 18.3 Å². The normalized spacial score (nSPS) is 11.9. The average Bonchev–Trinajstić information content (AvgIpc) is 2.72. The van der Waals surface area contributed by atoms with Gasteiger partial charge in [0.15, 0.2) is 0 Å². The van der Waals surface area contributed by atoms with Crippen LogP contribution in [0.15, 0.2) is 53.3 Å². The fraction of sp³-hybridized carbons (Fsp3) is 0.320. The number of H-pyrrole nitrogens is 1. The molecular formula is C25H28N2O4. The molecule has 0 fully saturated rings. The predicted octanol–water partition coefficient (Wildman–Crippen LogP) is 4.38. The van der Waals surface area contributed by atoms with Crippen LogP contribution in [-0.2, 0) is 22.5 Å². The fourth-order valence-corrected chi connectivity index (χ4v) is 3.61. The third-order valence-corrected chi connectivity index (χ3v) is 4.93.